The van der Waals surface area contributed by atoms with Crippen LogP contribution in [0.15, 0.2) is 0 Å². The van der Waals surface area contributed by atoms with Crippen LogP contribution in [0.4, 0.5) is 0 Å². The summed E-state index contributed by atoms with van der Waals surface area (Å²) >= 11 is 0. The van der Waals surface area contributed by atoms with Crippen LogP contribution in [0.5, 0.6) is 0 Å². The van der Waals surface area contributed by atoms with Crippen molar-refractivity contribution >= 4 is 9.84 Å². The Bertz CT molecular complexity index is 568. The monoisotopic (exact) mass is 315 g/mol. The summed E-state index contributed by atoms with van der Waals surface area (Å²) in [6.45, 7) is 10.6. The maximum atomic E-state index is 12.3. The molecule has 0 spiro atoms. The molecule has 0 atom stereocenters. The van der Waals surface area contributed by atoms with E-state index in [1.807, 2.05) is 11.7 Å². The SMILES string of the molecule is CCc1nn(CCS(=O)(=O)C(C)(C)C)c(CC)c1CNC. The Kier molecular flexibility index (Phi) is 5.99. The van der Waals surface area contributed by atoms with Crippen molar-refractivity contribution < 1.29 is 8.42 Å². The zero-order valence-electron chi connectivity index (χ0n) is 14.2. The van der Waals surface area contributed by atoms with E-state index in [4.69, 9.17) is 0 Å². The molecule has 122 valence electrons. The van der Waals surface area contributed by atoms with E-state index in [1.54, 1.807) is 20.8 Å². The molecule has 0 aromatic carbocycles. The molecule has 0 radical (unpaired) electrons. The zero-order chi connectivity index (χ0) is 16.3. The zero-order valence-corrected chi connectivity index (χ0v) is 15.0. The summed E-state index contributed by atoms with van der Waals surface area (Å²) in [7, 11) is -1.20. The van der Waals surface area contributed by atoms with Gasteiger partial charge in [0.1, 0.15) is 0 Å². The van der Waals surface area contributed by atoms with Gasteiger partial charge in [0, 0.05) is 17.8 Å². The summed E-state index contributed by atoms with van der Waals surface area (Å²) in [6.07, 6.45) is 1.72. The van der Waals surface area contributed by atoms with Crippen LogP contribution in [-0.4, -0.2) is 35.7 Å². The van der Waals surface area contributed by atoms with Crippen LogP contribution in [0.2, 0.25) is 0 Å². The first kappa shape index (κ1) is 18.2. The fraction of sp³-hybridized carbons (Fsp3) is 0.800. The number of rotatable bonds is 7. The molecule has 0 bridgehead atoms. The van der Waals surface area contributed by atoms with Gasteiger partial charge < -0.3 is 5.32 Å². The average Bonchev–Trinajstić information content (AvgIpc) is 2.73. The molecule has 1 rings (SSSR count). The van der Waals surface area contributed by atoms with Crippen LogP contribution in [0.25, 0.3) is 0 Å². The molecule has 1 heterocycles. The van der Waals surface area contributed by atoms with Crippen LogP contribution >= 0.6 is 0 Å². The number of aryl methyl sites for hydroxylation is 2. The van der Waals surface area contributed by atoms with Gasteiger partial charge in [0.25, 0.3) is 0 Å². The lowest BCUT2D eigenvalue weighted by Gasteiger charge is -2.19. The molecule has 0 aliphatic rings. The molecular weight excluding hydrogens is 286 g/mol. The van der Waals surface area contributed by atoms with Gasteiger partial charge in [0.05, 0.1) is 22.7 Å². The summed E-state index contributed by atoms with van der Waals surface area (Å²) in [6, 6.07) is 0. The highest BCUT2D eigenvalue weighted by molar-refractivity contribution is 7.92. The van der Waals surface area contributed by atoms with Crippen molar-refractivity contribution in [2.45, 2.75) is 65.3 Å². The van der Waals surface area contributed by atoms with Gasteiger partial charge in [-0.1, -0.05) is 13.8 Å². The van der Waals surface area contributed by atoms with Gasteiger partial charge in [-0.2, -0.15) is 5.10 Å². The fourth-order valence-electron chi connectivity index (χ4n) is 2.35. The third kappa shape index (κ3) is 4.07. The minimum Gasteiger partial charge on any atom is -0.316 e. The predicted molar refractivity (Wildman–Crippen MR) is 87.3 cm³/mol. The molecular formula is C15H29N3O2S. The van der Waals surface area contributed by atoms with Crippen LogP contribution in [0, 0.1) is 0 Å². The molecule has 6 heteroatoms. The molecule has 1 aromatic heterocycles. The van der Waals surface area contributed by atoms with Crippen molar-refractivity contribution in [3.05, 3.63) is 17.0 Å². The Balaban J connectivity index is 3.04. The lowest BCUT2D eigenvalue weighted by atomic mass is 10.1. The highest BCUT2D eigenvalue weighted by Crippen LogP contribution is 2.19. The number of nitrogens with zero attached hydrogens (tertiary/aromatic N) is 2. The highest BCUT2D eigenvalue weighted by atomic mass is 32.2. The van der Waals surface area contributed by atoms with Crippen molar-refractivity contribution in [2.75, 3.05) is 12.8 Å². The molecule has 0 unspecified atom stereocenters. The second-order valence-corrected chi connectivity index (χ2v) is 9.13. The third-order valence-electron chi connectivity index (χ3n) is 3.78. The standard InChI is InChI=1S/C15H29N3O2S/c1-7-13-12(11-16-6)14(8-2)18(17-13)9-10-21(19,20)15(3,4)5/h16H,7-11H2,1-6H3. The number of aromatic nitrogens is 2. The molecule has 0 aliphatic heterocycles. The molecule has 1 N–H and O–H groups in total. The average molecular weight is 315 g/mol. The van der Waals surface area contributed by atoms with Gasteiger partial charge in [-0.05, 0) is 40.7 Å². The molecule has 0 amide bonds. The minimum absolute atomic E-state index is 0.132. The summed E-state index contributed by atoms with van der Waals surface area (Å²) in [4.78, 5) is 0. The Labute approximate surface area is 129 Å². The minimum atomic E-state index is -3.12. The Morgan fingerprint density at radius 1 is 1.19 bits per heavy atom. The van der Waals surface area contributed by atoms with Crippen molar-refractivity contribution in [3.8, 4) is 0 Å². The van der Waals surface area contributed by atoms with E-state index in [1.165, 1.54) is 5.56 Å². The Morgan fingerprint density at radius 3 is 2.24 bits per heavy atom. The van der Waals surface area contributed by atoms with Crippen molar-refractivity contribution in [1.29, 1.82) is 0 Å². The normalized spacial score (nSPS) is 12.9. The lowest BCUT2D eigenvalue weighted by Crippen LogP contribution is -2.32. The van der Waals surface area contributed by atoms with Crippen molar-refractivity contribution in [3.63, 3.8) is 0 Å². The molecule has 21 heavy (non-hydrogen) atoms. The van der Waals surface area contributed by atoms with Crippen LogP contribution in [-0.2, 0) is 35.8 Å². The topological polar surface area (TPSA) is 64.0 Å². The summed E-state index contributed by atoms with van der Waals surface area (Å²) < 4.78 is 25.7. The van der Waals surface area contributed by atoms with Gasteiger partial charge >= 0.3 is 0 Å². The molecule has 0 aliphatic carbocycles. The summed E-state index contributed by atoms with van der Waals surface area (Å²) in [5, 5.41) is 7.79. The molecule has 5 nitrogen and oxygen atoms in total. The first-order valence-electron chi connectivity index (χ1n) is 7.62. The fourth-order valence-corrected chi connectivity index (χ4v) is 3.37. The van der Waals surface area contributed by atoms with E-state index in [9.17, 15) is 8.42 Å². The molecule has 0 fully saturated rings. The maximum absolute atomic E-state index is 12.3. The summed E-state index contributed by atoms with van der Waals surface area (Å²) in [5.41, 5.74) is 3.43. The van der Waals surface area contributed by atoms with E-state index < -0.39 is 14.6 Å². The van der Waals surface area contributed by atoms with E-state index in [0.717, 1.165) is 30.8 Å². The van der Waals surface area contributed by atoms with Gasteiger partial charge in [0.15, 0.2) is 9.84 Å². The largest absolute Gasteiger partial charge is 0.316 e. The second kappa shape index (κ2) is 6.92. The molecule has 0 saturated heterocycles. The Hall–Kier alpha value is -0.880. The number of hydrogen-bond acceptors (Lipinski definition) is 4. The highest BCUT2D eigenvalue weighted by Gasteiger charge is 2.29. The van der Waals surface area contributed by atoms with E-state index in [2.05, 4.69) is 24.3 Å². The number of nitrogens with one attached hydrogen (secondary N) is 1. The number of hydrogen-bond donors (Lipinski definition) is 1. The Morgan fingerprint density at radius 2 is 1.81 bits per heavy atom. The van der Waals surface area contributed by atoms with Gasteiger partial charge in [-0.15, -0.1) is 0 Å². The van der Waals surface area contributed by atoms with Crippen LogP contribution in [0.3, 0.4) is 0 Å². The first-order valence-corrected chi connectivity index (χ1v) is 9.27. The number of sulfone groups is 1. The van der Waals surface area contributed by atoms with Crippen LogP contribution < -0.4 is 5.32 Å². The smallest absolute Gasteiger partial charge is 0.157 e. The quantitative estimate of drug-likeness (QED) is 0.835. The second-order valence-electron chi connectivity index (χ2n) is 6.26. The van der Waals surface area contributed by atoms with E-state index in [0.29, 0.717) is 6.54 Å². The maximum Gasteiger partial charge on any atom is 0.157 e. The lowest BCUT2D eigenvalue weighted by molar-refractivity contribution is 0.543. The van der Waals surface area contributed by atoms with Gasteiger partial charge in [-0.3, -0.25) is 4.68 Å². The van der Waals surface area contributed by atoms with Gasteiger partial charge in [-0.25, -0.2) is 8.42 Å². The van der Waals surface area contributed by atoms with E-state index >= 15 is 0 Å². The molecule has 0 saturated carbocycles. The predicted octanol–water partition coefficient (Wildman–Crippen LogP) is 1.94. The third-order valence-corrected chi connectivity index (χ3v) is 6.36. The first-order chi connectivity index (χ1) is 9.67. The van der Waals surface area contributed by atoms with Gasteiger partial charge in [0.2, 0.25) is 0 Å². The summed E-state index contributed by atoms with van der Waals surface area (Å²) in [5.74, 6) is 0.132. The van der Waals surface area contributed by atoms with Crippen molar-refractivity contribution in [1.82, 2.24) is 15.1 Å². The van der Waals surface area contributed by atoms with Crippen molar-refractivity contribution in [2.24, 2.45) is 0 Å². The molecule has 1 aromatic rings. The van der Waals surface area contributed by atoms with Crippen LogP contribution in [0.1, 0.15) is 51.6 Å². The van der Waals surface area contributed by atoms with E-state index in [-0.39, 0.29) is 5.75 Å².